The summed E-state index contributed by atoms with van der Waals surface area (Å²) in [6, 6.07) is 13.4. The number of anilines is 2. The number of nitrogens with one attached hydrogen (secondary N) is 2. The third kappa shape index (κ3) is 5.76. The van der Waals surface area contributed by atoms with Crippen molar-refractivity contribution in [3.05, 3.63) is 70.5 Å². The minimum Gasteiger partial charge on any atom is -0.394 e. The average Bonchev–Trinajstić information content (AvgIpc) is 2.83. The summed E-state index contributed by atoms with van der Waals surface area (Å²) in [5.41, 5.74) is 15.2. The van der Waals surface area contributed by atoms with Gasteiger partial charge in [-0.15, -0.1) is 0 Å². The van der Waals surface area contributed by atoms with Crippen molar-refractivity contribution in [2.75, 3.05) is 57.0 Å². The summed E-state index contributed by atoms with van der Waals surface area (Å²) in [4.78, 5) is 30.7. The van der Waals surface area contributed by atoms with Gasteiger partial charge in [0, 0.05) is 49.7 Å². The lowest BCUT2D eigenvalue weighted by atomic mass is 9.89. The minimum absolute atomic E-state index is 0.0527. The molecule has 2 aromatic carbocycles. The zero-order valence-electron chi connectivity index (χ0n) is 20.4. The molecule has 0 amide bonds. The topological polar surface area (TPSA) is 117 Å². The molecule has 0 spiro atoms. The molecule has 1 aliphatic carbocycles. The molecular formula is C26H36N6O2. The Morgan fingerprint density at radius 2 is 1.68 bits per heavy atom. The summed E-state index contributed by atoms with van der Waals surface area (Å²) in [5.74, 6) is -0.616. The van der Waals surface area contributed by atoms with Gasteiger partial charge in [-0.05, 0) is 57.7 Å². The molecule has 0 bridgehead atoms. The third-order valence-corrected chi connectivity index (χ3v) is 5.94. The van der Waals surface area contributed by atoms with E-state index in [9.17, 15) is 9.59 Å². The standard InChI is InChI=1S/C26H36N6O2/c1-4-32(16-15-31(2)3)19-11-9-18(10-12-19)17-30-24-23(28)26(34)22-20(25(24)33)7-5-8-21(22)29-14-6-13-27/h5,7-12,29-30H,4,6,13-17,27-28H2,1-3H3. The quantitative estimate of drug-likeness (QED) is 0.353. The first-order chi connectivity index (χ1) is 16.4. The molecule has 0 aromatic heterocycles. The van der Waals surface area contributed by atoms with Gasteiger partial charge in [-0.2, -0.15) is 0 Å². The second kappa shape index (κ2) is 11.7. The average molecular weight is 465 g/mol. The number of rotatable bonds is 12. The molecule has 6 N–H and O–H groups in total. The molecule has 3 rings (SSSR count). The fraction of sp³-hybridized carbons (Fsp3) is 0.385. The molecule has 1 aliphatic rings. The van der Waals surface area contributed by atoms with E-state index in [0.717, 1.165) is 37.3 Å². The van der Waals surface area contributed by atoms with E-state index >= 15 is 0 Å². The van der Waals surface area contributed by atoms with E-state index in [1.807, 2.05) is 12.1 Å². The van der Waals surface area contributed by atoms with Gasteiger partial charge < -0.3 is 31.9 Å². The van der Waals surface area contributed by atoms with Crippen LogP contribution in [0.25, 0.3) is 0 Å². The summed E-state index contributed by atoms with van der Waals surface area (Å²) >= 11 is 0. The number of nitrogens with zero attached hydrogens (tertiary/aromatic N) is 2. The molecule has 0 saturated carbocycles. The molecule has 8 heteroatoms. The number of ketones is 2. The lowest BCUT2D eigenvalue weighted by Gasteiger charge is -2.25. The second-order valence-electron chi connectivity index (χ2n) is 8.65. The summed E-state index contributed by atoms with van der Waals surface area (Å²) in [7, 11) is 4.13. The van der Waals surface area contributed by atoms with Crippen LogP contribution in [0.1, 0.15) is 39.6 Å². The lowest BCUT2D eigenvalue weighted by molar-refractivity contribution is 0.0967. The highest BCUT2D eigenvalue weighted by atomic mass is 16.1. The highest BCUT2D eigenvalue weighted by molar-refractivity contribution is 6.28. The van der Waals surface area contributed by atoms with E-state index in [4.69, 9.17) is 11.5 Å². The maximum atomic E-state index is 13.2. The van der Waals surface area contributed by atoms with Crippen LogP contribution in [0.4, 0.5) is 11.4 Å². The number of likely N-dealkylation sites (N-methyl/N-ethyl adjacent to an activating group) is 2. The predicted octanol–water partition coefficient (Wildman–Crippen LogP) is 2.17. The Labute approximate surface area is 202 Å². The van der Waals surface area contributed by atoms with Gasteiger partial charge in [0.25, 0.3) is 0 Å². The van der Waals surface area contributed by atoms with Crippen molar-refractivity contribution >= 4 is 22.9 Å². The highest BCUT2D eigenvalue weighted by Gasteiger charge is 2.32. The third-order valence-electron chi connectivity index (χ3n) is 5.94. The van der Waals surface area contributed by atoms with Crippen molar-refractivity contribution in [2.45, 2.75) is 19.9 Å². The van der Waals surface area contributed by atoms with Crippen LogP contribution in [-0.2, 0) is 6.54 Å². The first-order valence-corrected chi connectivity index (χ1v) is 11.8. The second-order valence-corrected chi connectivity index (χ2v) is 8.65. The molecule has 0 heterocycles. The Morgan fingerprint density at radius 3 is 2.32 bits per heavy atom. The molecule has 0 aliphatic heterocycles. The highest BCUT2D eigenvalue weighted by Crippen LogP contribution is 2.29. The molecule has 0 atom stereocenters. The van der Waals surface area contributed by atoms with E-state index in [2.05, 4.69) is 53.6 Å². The molecule has 8 nitrogen and oxygen atoms in total. The molecule has 0 fully saturated rings. The summed E-state index contributed by atoms with van der Waals surface area (Å²) in [6.45, 7) is 6.54. The van der Waals surface area contributed by atoms with E-state index in [1.165, 1.54) is 0 Å². The Balaban J connectivity index is 1.72. The first-order valence-electron chi connectivity index (χ1n) is 11.8. The van der Waals surface area contributed by atoms with Crippen LogP contribution in [-0.4, -0.2) is 63.3 Å². The number of carbonyl (C=O) groups is 2. The molecular weight excluding hydrogens is 428 g/mol. The fourth-order valence-electron chi connectivity index (χ4n) is 3.94. The summed E-state index contributed by atoms with van der Waals surface area (Å²) in [5, 5.41) is 6.30. The number of Topliss-reactive ketones (excluding diaryl/α,β-unsaturated/α-hetero) is 2. The zero-order valence-corrected chi connectivity index (χ0v) is 20.4. The number of allylic oxidation sites excluding steroid dienone is 2. The predicted molar refractivity (Wildman–Crippen MR) is 138 cm³/mol. The van der Waals surface area contributed by atoms with E-state index in [1.54, 1.807) is 18.2 Å². The molecule has 34 heavy (non-hydrogen) atoms. The fourth-order valence-corrected chi connectivity index (χ4v) is 3.94. The van der Waals surface area contributed by atoms with Gasteiger partial charge in [-0.3, -0.25) is 9.59 Å². The van der Waals surface area contributed by atoms with Crippen LogP contribution < -0.4 is 27.0 Å². The Bertz CT molecular complexity index is 1050. The summed E-state index contributed by atoms with van der Waals surface area (Å²) in [6.07, 6.45) is 0.758. The van der Waals surface area contributed by atoms with Crippen molar-refractivity contribution in [2.24, 2.45) is 11.5 Å². The van der Waals surface area contributed by atoms with Crippen LogP contribution in [0.15, 0.2) is 53.9 Å². The minimum atomic E-state index is -0.345. The number of hydrogen-bond donors (Lipinski definition) is 4. The van der Waals surface area contributed by atoms with Crippen molar-refractivity contribution in [3.63, 3.8) is 0 Å². The maximum Gasteiger partial charge on any atom is 0.213 e. The van der Waals surface area contributed by atoms with Crippen LogP contribution >= 0.6 is 0 Å². The van der Waals surface area contributed by atoms with Crippen LogP contribution in [0.5, 0.6) is 0 Å². The van der Waals surface area contributed by atoms with Gasteiger partial charge in [0.05, 0.1) is 5.56 Å². The molecule has 182 valence electrons. The number of nitrogens with two attached hydrogens (primary N) is 2. The van der Waals surface area contributed by atoms with Crippen molar-refractivity contribution in [3.8, 4) is 0 Å². The maximum absolute atomic E-state index is 13.2. The van der Waals surface area contributed by atoms with Crippen molar-refractivity contribution in [1.29, 1.82) is 0 Å². The van der Waals surface area contributed by atoms with Crippen molar-refractivity contribution < 1.29 is 9.59 Å². The Kier molecular flexibility index (Phi) is 8.67. The molecule has 0 radical (unpaired) electrons. The molecule has 0 unspecified atom stereocenters. The number of fused-ring (bicyclic) bond motifs is 1. The Hall–Kier alpha value is -3.36. The van der Waals surface area contributed by atoms with E-state index in [-0.39, 0.29) is 23.0 Å². The van der Waals surface area contributed by atoms with Gasteiger partial charge in [0.1, 0.15) is 11.4 Å². The van der Waals surface area contributed by atoms with Gasteiger partial charge >= 0.3 is 0 Å². The normalized spacial score (nSPS) is 13.3. The van der Waals surface area contributed by atoms with Crippen molar-refractivity contribution in [1.82, 2.24) is 10.2 Å². The van der Waals surface area contributed by atoms with Crippen LogP contribution in [0, 0.1) is 0 Å². The van der Waals surface area contributed by atoms with Gasteiger partial charge in [-0.1, -0.05) is 24.3 Å². The SMILES string of the molecule is CCN(CCN(C)C)c1ccc(CNC2=C(N)C(=O)c3c(NCCCN)cccc3C2=O)cc1. The zero-order chi connectivity index (χ0) is 24.7. The Morgan fingerprint density at radius 1 is 0.941 bits per heavy atom. The lowest BCUT2D eigenvalue weighted by Crippen LogP contribution is -2.34. The number of benzene rings is 2. The van der Waals surface area contributed by atoms with Gasteiger partial charge in [0.2, 0.25) is 11.6 Å². The number of carbonyl (C=O) groups excluding carboxylic acids is 2. The number of hydrogen-bond acceptors (Lipinski definition) is 8. The monoisotopic (exact) mass is 464 g/mol. The first kappa shape index (κ1) is 25.3. The largest absolute Gasteiger partial charge is 0.394 e. The summed E-state index contributed by atoms with van der Waals surface area (Å²) < 4.78 is 0. The molecule has 0 saturated heterocycles. The van der Waals surface area contributed by atoms with Crippen LogP contribution in [0.3, 0.4) is 0 Å². The van der Waals surface area contributed by atoms with E-state index in [0.29, 0.717) is 36.4 Å². The van der Waals surface area contributed by atoms with Gasteiger partial charge in [-0.25, -0.2) is 0 Å². The smallest absolute Gasteiger partial charge is 0.213 e. The molecule has 2 aromatic rings. The van der Waals surface area contributed by atoms with Gasteiger partial charge in [0.15, 0.2) is 0 Å². The van der Waals surface area contributed by atoms with E-state index < -0.39 is 0 Å². The van der Waals surface area contributed by atoms with Crippen LogP contribution in [0.2, 0.25) is 0 Å².